The molecule has 9 aromatic rings. The highest BCUT2D eigenvalue weighted by Gasteiger charge is 2.38. The third kappa shape index (κ3) is 5.63. The van der Waals surface area contributed by atoms with Gasteiger partial charge in [0.2, 0.25) is 0 Å². The predicted octanol–water partition coefficient (Wildman–Crippen LogP) is 17.0. The van der Waals surface area contributed by atoms with Crippen LogP contribution in [0.5, 0.6) is 0 Å². The lowest BCUT2D eigenvalue weighted by Crippen LogP contribution is -2.30. The zero-order valence-electron chi connectivity index (χ0n) is 36.0. The number of nitrogens with zero attached hydrogens (tertiary/aromatic N) is 2. The molecule has 0 bridgehead atoms. The van der Waals surface area contributed by atoms with Crippen LogP contribution in [0, 0.1) is 0 Å². The van der Waals surface area contributed by atoms with Crippen molar-refractivity contribution >= 4 is 72.0 Å². The average molecular weight is 799 g/mol. The quantitative estimate of drug-likeness (QED) is 0.117. The Morgan fingerprint density at radius 2 is 0.919 bits per heavy atom. The molecule has 2 heterocycles. The molecule has 0 amide bonds. The van der Waals surface area contributed by atoms with Crippen LogP contribution < -0.4 is 9.80 Å². The molecule has 0 aliphatic carbocycles. The van der Waals surface area contributed by atoms with Gasteiger partial charge in [-0.3, -0.25) is 0 Å². The first-order valence-corrected chi connectivity index (χ1v) is 22.0. The van der Waals surface area contributed by atoms with Crippen LogP contribution in [0.15, 0.2) is 195 Å². The number of rotatable bonds is 7. The van der Waals surface area contributed by atoms with Crippen LogP contribution in [0.3, 0.4) is 0 Å². The van der Waals surface area contributed by atoms with Gasteiger partial charge < -0.3 is 9.80 Å². The van der Waals surface area contributed by atoms with Gasteiger partial charge in [-0.2, -0.15) is 0 Å². The second-order valence-electron chi connectivity index (χ2n) is 18.2. The molecule has 2 heteroatoms. The Hall–Kier alpha value is -7.16. The summed E-state index contributed by atoms with van der Waals surface area (Å²) < 4.78 is 0. The van der Waals surface area contributed by atoms with Gasteiger partial charge in [0, 0.05) is 22.2 Å². The van der Waals surface area contributed by atoms with Crippen LogP contribution >= 0.6 is 0 Å². The van der Waals surface area contributed by atoms with Gasteiger partial charge in [0.05, 0.1) is 22.7 Å². The van der Waals surface area contributed by atoms with Crippen LogP contribution in [-0.2, 0) is 10.8 Å². The van der Waals surface area contributed by atoms with E-state index >= 15 is 0 Å². The Morgan fingerprint density at radius 3 is 1.44 bits per heavy atom. The third-order valence-corrected chi connectivity index (χ3v) is 13.9. The van der Waals surface area contributed by atoms with Gasteiger partial charge in [0.1, 0.15) is 0 Å². The molecule has 0 saturated carbocycles. The van der Waals surface area contributed by atoms with Gasteiger partial charge >= 0.3 is 0 Å². The number of benzene rings is 9. The maximum absolute atomic E-state index is 4.86. The smallest absolute Gasteiger partial charge is 0.0502 e. The first-order chi connectivity index (χ1) is 30.2. The van der Waals surface area contributed by atoms with E-state index in [-0.39, 0.29) is 10.8 Å². The van der Waals surface area contributed by atoms with E-state index in [0.717, 1.165) is 29.8 Å². The highest BCUT2D eigenvalue weighted by Crippen LogP contribution is 2.55. The van der Waals surface area contributed by atoms with Crippen molar-refractivity contribution < 1.29 is 0 Å². The van der Waals surface area contributed by atoms with Crippen molar-refractivity contribution in [2.45, 2.75) is 51.4 Å². The largest absolute Gasteiger partial charge is 0.310 e. The standard InChI is InChI=1S/C60H50N2/c1-7-8-19-39(2)57-45-34-32-44(62-55-28-17-13-24-51(55)60(5,6)52-25-14-18-29-56(52)62)38-48(45)58(42-31-30-40-20-9-10-21-41(40)36-42)46-35-33-43(37-47(46)57)61-53-26-15-11-22-49(53)59(3,4)50-23-12-16-27-54(50)61/h7,9-18,20-38H,1-2,8,19H2,3-6H3. The minimum atomic E-state index is -0.147. The lowest BCUT2D eigenvalue weighted by Gasteiger charge is -2.42. The second-order valence-corrected chi connectivity index (χ2v) is 18.2. The van der Waals surface area contributed by atoms with E-state index in [0.29, 0.717) is 0 Å². The summed E-state index contributed by atoms with van der Waals surface area (Å²) in [5.41, 5.74) is 16.9. The summed E-state index contributed by atoms with van der Waals surface area (Å²) in [6, 6.07) is 65.7. The second kappa shape index (κ2) is 14.2. The summed E-state index contributed by atoms with van der Waals surface area (Å²) in [7, 11) is 0. The molecule has 2 aliphatic heterocycles. The van der Waals surface area contributed by atoms with Crippen LogP contribution in [0.2, 0.25) is 0 Å². The van der Waals surface area contributed by atoms with Gasteiger partial charge in [0.25, 0.3) is 0 Å². The summed E-state index contributed by atoms with van der Waals surface area (Å²) in [6.07, 6.45) is 3.68. The molecule has 0 atom stereocenters. The molecular formula is C60H50N2. The lowest BCUT2D eigenvalue weighted by atomic mass is 9.73. The van der Waals surface area contributed by atoms with Crippen molar-refractivity contribution in [3.63, 3.8) is 0 Å². The summed E-state index contributed by atoms with van der Waals surface area (Å²) in [4.78, 5) is 4.95. The van der Waals surface area contributed by atoms with E-state index in [2.05, 4.69) is 220 Å². The van der Waals surface area contributed by atoms with Gasteiger partial charge in [0.15, 0.2) is 0 Å². The highest BCUT2D eigenvalue weighted by atomic mass is 15.2. The van der Waals surface area contributed by atoms with Gasteiger partial charge in [-0.15, -0.1) is 6.58 Å². The summed E-state index contributed by atoms with van der Waals surface area (Å²) >= 11 is 0. The molecule has 300 valence electrons. The van der Waals surface area contributed by atoms with E-state index in [4.69, 9.17) is 6.58 Å². The fourth-order valence-corrected chi connectivity index (χ4v) is 10.8. The third-order valence-electron chi connectivity index (χ3n) is 13.9. The maximum atomic E-state index is 4.86. The number of hydrogen-bond donors (Lipinski definition) is 0. The molecule has 62 heavy (non-hydrogen) atoms. The number of fused-ring (bicyclic) bond motifs is 7. The Labute approximate surface area is 365 Å². The highest BCUT2D eigenvalue weighted by molar-refractivity contribution is 6.20. The van der Waals surface area contributed by atoms with E-state index in [1.165, 1.54) is 94.0 Å². The molecule has 0 aromatic heterocycles. The molecule has 0 radical (unpaired) electrons. The molecular weight excluding hydrogens is 749 g/mol. The molecule has 0 saturated heterocycles. The van der Waals surface area contributed by atoms with Crippen molar-refractivity contribution in [2.75, 3.05) is 9.80 Å². The zero-order valence-corrected chi connectivity index (χ0v) is 36.0. The first-order valence-electron chi connectivity index (χ1n) is 22.0. The summed E-state index contributed by atoms with van der Waals surface area (Å²) in [6.45, 7) is 18.4. The number of anilines is 6. The van der Waals surface area contributed by atoms with Gasteiger partial charge in [-0.25, -0.2) is 0 Å². The molecule has 9 aromatic carbocycles. The topological polar surface area (TPSA) is 6.48 Å². The molecule has 0 unspecified atom stereocenters. The first kappa shape index (κ1) is 37.8. The zero-order chi connectivity index (χ0) is 42.3. The maximum Gasteiger partial charge on any atom is 0.0502 e. The van der Waals surface area contributed by atoms with E-state index < -0.39 is 0 Å². The number of allylic oxidation sites excluding steroid dienone is 2. The van der Waals surface area contributed by atoms with Gasteiger partial charge in [-0.05, 0) is 144 Å². The number of hydrogen-bond acceptors (Lipinski definition) is 2. The minimum absolute atomic E-state index is 0.146. The van der Waals surface area contributed by atoms with Gasteiger partial charge in [-0.1, -0.05) is 162 Å². The Kier molecular flexibility index (Phi) is 8.67. The molecule has 2 aliphatic rings. The normalized spacial score (nSPS) is 14.6. The summed E-state index contributed by atoms with van der Waals surface area (Å²) in [5, 5.41) is 7.29. The average Bonchev–Trinajstić information content (AvgIpc) is 3.30. The van der Waals surface area contributed by atoms with E-state index in [1.54, 1.807) is 0 Å². The van der Waals surface area contributed by atoms with Crippen molar-refractivity contribution in [3.05, 3.63) is 223 Å². The van der Waals surface area contributed by atoms with Crippen molar-refractivity contribution in [2.24, 2.45) is 0 Å². The molecule has 0 spiro atoms. The summed E-state index contributed by atoms with van der Waals surface area (Å²) in [5.74, 6) is 0. The molecule has 11 rings (SSSR count). The van der Waals surface area contributed by atoms with Crippen molar-refractivity contribution in [1.82, 2.24) is 0 Å². The molecule has 0 N–H and O–H groups in total. The monoisotopic (exact) mass is 798 g/mol. The van der Waals surface area contributed by atoms with E-state index in [1.807, 2.05) is 6.08 Å². The predicted molar refractivity (Wildman–Crippen MR) is 266 cm³/mol. The van der Waals surface area contributed by atoms with Crippen LogP contribution in [0.25, 0.3) is 49.0 Å². The molecule has 2 nitrogen and oxygen atoms in total. The lowest BCUT2D eigenvalue weighted by molar-refractivity contribution is 0.632. The van der Waals surface area contributed by atoms with Crippen LogP contribution in [0.1, 0.15) is 68.4 Å². The molecule has 0 fully saturated rings. The fraction of sp³-hybridized carbons (Fsp3) is 0.133. The Morgan fingerprint density at radius 1 is 0.468 bits per heavy atom. The van der Waals surface area contributed by atoms with Crippen molar-refractivity contribution in [3.8, 4) is 11.1 Å². The Balaban J connectivity index is 1.23. The van der Waals surface area contributed by atoms with Crippen LogP contribution in [-0.4, -0.2) is 0 Å². The SMILES string of the molecule is C=CCCC(=C)c1c2cc(N3c4ccccc4C(C)(C)c4ccccc43)ccc2c(-c2ccc3ccccc3c2)c2cc(N3c4ccccc4C(C)(C)c4ccccc43)ccc12. The Bertz CT molecular complexity index is 3210. The van der Waals surface area contributed by atoms with Crippen molar-refractivity contribution in [1.29, 1.82) is 0 Å². The van der Waals surface area contributed by atoms with E-state index in [9.17, 15) is 0 Å². The number of para-hydroxylation sites is 4. The minimum Gasteiger partial charge on any atom is -0.310 e. The van der Waals surface area contributed by atoms with Crippen LogP contribution in [0.4, 0.5) is 34.1 Å². The fourth-order valence-electron chi connectivity index (χ4n) is 10.8.